The SMILES string of the molecule is CC1(C)c2ccccc2-c2ccc(-c3ccc(-c4ccc(-c5ccc6oc7cccc(-c8nc(-c9ccccc9)nc(-c9cccc(-c%10ccccc%10)c9)n8)c7c6c5)cc4)cc3)cc21. The third-order valence-electron chi connectivity index (χ3n) is 13.0. The van der Waals surface area contributed by atoms with Crippen molar-refractivity contribution in [1.29, 1.82) is 0 Å². The molecule has 64 heavy (non-hydrogen) atoms. The van der Waals surface area contributed by atoms with E-state index in [4.69, 9.17) is 19.4 Å². The predicted molar refractivity (Wildman–Crippen MR) is 263 cm³/mol. The fourth-order valence-electron chi connectivity index (χ4n) is 9.60. The molecule has 302 valence electrons. The minimum atomic E-state index is -0.0252. The minimum absolute atomic E-state index is 0.0252. The average Bonchev–Trinajstić information content (AvgIpc) is 3.85. The molecular weight excluding hydrogens is 779 g/mol. The Hall–Kier alpha value is -8.21. The van der Waals surface area contributed by atoms with E-state index in [9.17, 15) is 0 Å². The number of benzene rings is 9. The van der Waals surface area contributed by atoms with Gasteiger partial charge in [-0.25, -0.2) is 15.0 Å². The summed E-state index contributed by atoms with van der Waals surface area (Å²) in [5, 5.41) is 1.98. The van der Waals surface area contributed by atoms with Crippen LogP contribution in [0.1, 0.15) is 25.0 Å². The van der Waals surface area contributed by atoms with Crippen LogP contribution < -0.4 is 0 Å². The van der Waals surface area contributed by atoms with Crippen molar-refractivity contribution >= 4 is 21.9 Å². The van der Waals surface area contributed by atoms with Gasteiger partial charge in [-0.3, -0.25) is 0 Å². The molecule has 0 amide bonds. The van der Waals surface area contributed by atoms with Gasteiger partial charge in [0.15, 0.2) is 17.5 Å². The molecule has 0 saturated heterocycles. The summed E-state index contributed by atoms with van der Waals surface area (Å²) in [6, 6.07) is 75.0. The summed E-state index contributed by atoms with van der Waals surface area (Å²) in [6.45, 7) is 4.67. The number of hydrogen-bond acceptors (Lipinski definition) is 4. The molecule has 0 N–H and O–H groups in total. The Kier molecular flexibility index (Phi) is 8.80. The maximum Gasteiger partial charge on any atom is 0.164 e. The summed E-state index contributed by atoms with van der Waals surface area (Å²) >= 11 is 0. The predicted octanol–water partition coefficient (Wildman–Crippen LogP) is 15.7. The molecule has 12 rings (SSSR count). The molecule has 0 aliphatic heterocycles. The zero-order chi connectivity index (χ0) is 42.8. The molecule has 0 fully saturated rings. The van der Waals surface area contributed by atoms with Crippen molar-refractivity contribution < 1.29 is 4.42 Å². The van der Waals surface area contributed by atoms with Crippen molar-refractivity contribution in [1.82, 2.24) is 15.0 Å². The van der Waals surface area contributed by atoms with Crippen LogP contribution >= 0.6 is 0 Å². The number of hydrogen-bond donors (Lipinski definition) is 0. The first-order chi connectivity index (χ1) is 31.4. The second kappa shape index (κ2) is 15.0. The van der Waals surface area contributed by atoms with Gasteiger partial charge in [-0.05, 0) is 97.1 Å². The lowest BCUT2D eigenvalue weighted by Gasteiger charge is -2.22. The molecule has 0 radical (unpaired) electrons. The Balaban J connectivity index is 0.878. The fraction of sp³-hybridized carbons (Fsp3) is 0.0500. The Morgan fingerprint density at radius 2 is 0.781 bits per heavy atom. The first kappa shape index (κ1) is 37.5. The van der Waals surface area contributed by atoms with Crippen LogP contribution in [0, 0.1) is 0 Å². The number of fused-ring (bicyclic) bond motifs is 6. The topological polar surface area (TPSA) is 51.8 Å². The van der Waals surface area contributed by atoms with E-state index in [1.807, 2.05) is 48.5 Å². The summed E-state index contributed by atoms with van der Waals surface area (Å²) in [7, 11) is 0. The van der Waals surface area contributed by atoms with E-state index in [1.165, 1.54) is 44.5 Å². The third-order valence-corrected chi connectivity index (χ3v) is 13.0. The molecule has 0 saturated carbocycles. The van der Waals surface area contributed by atoms with Crippen molar-refractivity contribution in [3.05, 3.63) is 223 Å². The van der Waals surface area contributed by atoms with Gasteiger partial charge in [0.25, 0.3) is 0 Å². The van der Waals surface area contributed by atoms with E-state index < -0.39 is 0 Å². The quantitative estimate of drug-likeness (QED) is 0.161. The van der Waals surface area contributed by atoms with E-state index in [0.717, 1.165) is 60.9 Å². The summed E-state index contributed by atoms with van der Waals surface area (Å²) in [6.07, 6.45) is 0. The summed E-state index contributed by atoms with van der Waals surface area (Å²) in [4.78, 5) is 15.3. The van der Waals surface area contributed by atoms with Crippen molar-refractivity contribution in [2.45, 2.75) is 19.3 Å². The molecule has 2 heterocycles. The zero-order valence-corrected chi connectivity index (χ0v) is 35.5. The molecule has 11 aromatic rings. The van der Waals surface area contributed by atoms with Gasteiger partial charge in [-0.1, -0.05) is 196 Å². The number of aromatic nitrogens is 3. The van der Waals surface area contributed by atoms with Crippen molar-refractivity contribution in [2.24, 2.45) is 0 Å². The Labute approximate surface area is 372 Å². The number of nitrogens with zero attached hydrogens (tertiary/aromatic N) is 3. The third kappa shape index (κ3) is 6.42. The van der Waals surface area contributed by atoms with Crippen LogP contribution in [0.2, 0.25) is 0 Å². The molecule has 2 aromatic heterocycles. The zero-order valence-electron chi connectivity index (χ0n) is 35.5. The van der Waals surface area contributed by atoms with Crippen LogP contribution in [0.4, 0.5) is 0 Å². The number of rotatable bonds is 7. The molecule has 1 aliphatic carbocycles. The number of furan rings is 1. The molecule has 0 unspecified atom stereocenters. The van der Waals surface area contributed by atoms with Gasteiger partial charge >= 0.3 is 0 Å². The summed E-state index contributed by atoms with van der Waals surface area (Å²) < 4.78 is 6.49. The van der Waals surface area contributed by atoms with Crippen molar-refractivity contribution in [3.8, 4) is 89.8 Å². The lowest BCUT2D eigenvalue weighted by molar-refractivity contribution is 0.660. The Morgan fingerprint density at radius 3 is 1.50 bits per heavy atom. The van der Waals surface area contributed by atoms with Crippen LogP contribution in [-0.4, -0.2) is 15.0 Å². The minimum Gasteiger partial charge on any atom is -0.456 e. The molecule has 1 aliphatic rings. The largest absolute Gasteiger partial charge is 0.456 e. The van der Waals surface area contributed by atoms with Gasteiger partial charge in [-0.2, -0.15) is 0 Å². The van der Waals surface area contributed by atoms with Crippen LogP contribution in [0.25, 0.3) is 112 Å². The van der Waals surface area contributed by atoms with E-state index in [2.05, 4.69) is 178 Å². The molecular formula is C60H41N3O. The maximum atomic E-state index is 6.49. The standard InChI is InChI=1S/C60H41N3O/c1-60(2)52-21-10-9-19-48(52)49-33-31-46(37-53(49)60)42-29-25-40(26-30-42)39-23-27-41(28-24-39)45-32-34-54-51(36-45)56-50(20-12-22-55(56)64-54)59-62-57(43-15-7-4-8-16-43)61-58(63-59)47-18-11-17-44(35-47)38-13-5-3-6-14-38/h3-37H,1-2H3. The summed E-state index contributed by atoms with van der Waals surface area (Å²) in [5.74, 6) is 1.82. The highest BCUT2D eigenvalue weighted by Crippen LogP contribution is 2.49. The van der Waals surface area contributed by atoms with Gasteiger partial charge in [0.1, 0.15) is 11.2 Å². The normalized spacial score (nSPS) is 12.7. The lowest BCUT2D eigenvalue weighted by atomic mass is 9.81. The highest BCUT2D eigenvalue weighted by atomic mass is 16.3. The molecule has 0 spiro atoms. The average molecular weight is 820 g/mol. The first-order valence-electron chi connectivity index (χ1n) is 21.8. The summed E-state index contributed by atoms with van der Waals surface area (Å²) in [5.41, 5.74) is 19.1. The van der Waals surface area contributed by atoms with Crippen molar-refractivity contribution in [3.63, 3.8) is 0 Å². The van der Waals surface area contributed by atoms with E-state index in [0.29, 0.717) is 17.5 Å². The first-order valence-corrected chi connectivity index (χ1v) is 21.8. The van der Waals surface area contributed by atoms with Gasteiger partial charge < -0.3 is 4.42 Å². The van der Waals surface area contributed by atoms with Gasteiger partial charge in [-0.15, -0.1) is 0 Å². The smallest absolute Gasteiger partial charge is 0.164 e. The molecule has 4 nitrogen and oxygen atoms in total. The molecule has 0 bridgehead atoms. The van der Waals surface area contributed by atoms with Crippen LogP contribution in [0.5, 0.6) is 0 Å². The van der Waals surface area contributed by atoms with Crippen LogP contribution in [-0.2, 0) is 5.41 Å². The Morgan fingerprint density at radius 1 is 0.312 bits per heavy atom. The second-order valence-corrected chi connectivity index (χ2v) is 17.2. The van der Waals surface area contributed by atoms with E-state index in [-0.39, 0.29) is 5.41 Å². The molecule has 9 aromatic carbocycles. The van der Waals surface area contributed by atoms with E-state index in [1.54, 1.807) is 0 Å². The highest BCUT2D eigenvalue weighted by molar-refractivity contribution is 6.12. The van der Waals surface area contributed by atoms with Crippen LogP contribution in [0.15, 0.2) is 217 Å². The lowest BCUT2D eigenvalue weighted by Crippen LogP contribution is -2.14. The Bertz CT molecular complexity index is 3550. The van der Waals surface area contributed by atoms with Gasteiger partial charge in [0.05, 0.1) is 0 Å². The molecule has 0 atom stereocenters. The van der Waals surface area contributed by atoms with E-state index >= 15 is 0 Å². The van der Waals surface area contributed by atoms with Crippen molar-refractivity contribution in [2.75, 3.05) is 0 Å². The maximum absolute atomic E-state index is 6.49. The van der Waals surface area contributed by atoms with Crippen LogP contribution in [0.3, 0.4) is 0 Å². The van der Waals surface area contributed by atoms with Gasteiger partial charge in [0, 0.05) is 32.9 Å². The monoisotopic (exact) mass is 819 g/mol. The fourth-order valence-corrected chi connectivity index (χ4v) is 9.60. The highest BCUT2D eigenvalue weighted by Gasteiger charge is 2.35. The van der Waals surface area contributed by atoms with Gasteiger partial charge in [0.2, 0.25) is 0 Å². The molecule has 4 heteroatoms. The second-order valence-electron chi connectivity index (χ2n) is 17.2.